The molecule has 0 aromatic carbocycles. The van der Waals surface area contributed by atoms with Crippen LogP contribution in [0.1, 0.15) is 32.6 Å². The molecule has 0 aromatic rings. The molecule has 23 heavy (non-hydrogen) atoms. The average Bonchev–Trinajstić information content (AvgIpc) is 2.57. The molecule has 0 aliphatic carbocycles. The largest absolute Gasteiger partial charge is 0.458 e. The molecule has 0 bridgehead atoms. The van der Waals surface area contributed by atoms with Gasteiger partial charge in [-0.3, -0.25) is 0 Å². The summed E-state index contributed by atoms with van der Waals surface area (Å²) in [5, 5.41) is 0. The number of carbonyl (C=O) groups is 1. The van der Waals surface area contributed by atoms with Crippen LogP contribution < -0.4 is 0 Å². The van der Waals surface area contributed by atoms with Crippen molar-refractivity contribution in [1.82, 2.24) is 0 Å². The van der Waals surface area contributed by atoms with Crippen LogP contribution in [0.4, 0.5) is 0 Å². The van der Waals surface area contributed by atoms with Gasteiger partial charge in [0.1, 0.15) is 6.61 Å². The highest BCUT2D eigenvalue weighted by molar-refractivity contribution is 7.80. The monoisotopic (exact) mass is 374 g/mol. The van der Waals surface area contributed by atoms with E-state index in [-0.39, 0.29) is 12.6 Å². The fourth-order valence-corrected chi connectivity index (χ4v) is 2.73. The maximum absolute atomic E-state index is 11.5. The molecule has 0 radical (unpaired) electrons. The minimum atomic E-state index is -0.356. The Morgan fingerprint density at radius 3 is 2.52 bits per heavy atom. The Balaban J connectivity index is 4.29. The van der Waals surface area contributed by atoms with Crippen molar-refractivity contribution < 1.29 is 9.53 Å². The third-order valence-corrected chi connectivity index (χ3v) is 5.01. The van der Waals surface area contributed by atoms with E-state index in [4.69, 9.17) is 4.74 Å². The number of thiol groups is 3. The predicted molar refractivity (Wildman–Crippen MR) is 111 cm³/mol. The van der Waals surface area contributed by atoms with Crippen molar-refractivity contribution in [2.45, 2.75) is 32.6 Å². The van der Waals surface area contributed by atoms with Crippen molar-refractivity contribution >= 4 is 43.9 Å². The van der Waals surface area contributed by atoms with Gasteiger partial charge in [0.05, 0.1) is 0 Å². The Labute approximate surface area is 158 Å². The molecule has 0 aliphatic rings. The van der Waals surface area contributed by atoms with E-state index >= 15 is 0 Å². The zero-order chi connectivity index (χ0) is 17.5. The van der Waals surface area contributed by atoms with Crippen molar-refractivity contribution in [3.8, 4) is 0 Å². The normalized spacial score (nSPS) is 14.7. The van der Waals surface area contributed by atoms with Gasteiger partial charge in [-0.05, 0) is 48.2 Å². The van der Waals surface area contributed by atoms with Crippen LogP contribution in [0.5, 0.6) is 0 Å². The molecule has 0 rings (SSSR count). The highest BCUT2D eigenvalue weighted by atomic mass is 32.1. The molecule has 0 aromatic heterocycles. The molecule has 0 N–H and O–H groups in total. The van der Waals surface area contributed by atoms with E-state index in [0.29, 0.717) is 17.6 Å². The van der Waals surface area contributed by atoms with Gasteiger partial charge in [-0.15, -0.1) is 0 Å². The maximum atomic E-state index is 11.5. The molecule has 0 aliphatic heterocycles. The van der Waals surface area contributed by atoms with E-state index < -0.39 is 0 Å². The highest BCUT2D eigenvalue weighted by Gasteiger charge is 2.07. The summed E-state index contributed by atoms with van der Waals surface area (Å²) in [7, 11) is 0. The van der Waals surface area contributed by atoms with Crippen LogP contribution in [0.25, 0.3) is 0 Å². The highest BCUT2D eigenvalue weighted by Crippen LogP contribution is 2.18. The van der Waals surface area contributed by atoms with Crippen LogP contribution in [0.3, 0.4) is 0 Å². The molecular formula is C18H30O2S3. The molecule has 0 saturated carbocycles. The summed E-state index contributed by atoms with van der Waals surface area (Å²) >= 11 is 13.0. The molecule has 0 heterocycles. The minimum absolute atomic E-state index is 0.228. The van der Waals surface area contributed by atoms with Gasteiger partial charge in [-0.25, -0.2) is 4.79 Å². The average molecular weight is 375 g/mol. The first kappa shape index (κ1) is 22.7. The zero-order valence-electron chi connectivity index (χ0n) is 14.0. The summed E-state index contributed by atoms with van der Waals surface area (Å²) in [5.74, 6) is 3.21. The van der Waals surface area contributed by atoms with Crippen LogP contribution in [-0.2, 0) is 9.53 Å². The van der Waals surface area contributed by atoms with Crippen LogP contribution in [-0.4, -0.2) is 29.8 Å². The second kappa shape index (κ2) is 15.3. The number of hydrogen-bond acceptors (Lipinski definition) is 5. The van der Waals surface area contributed by atoms with Gasteiger partial charge in [0.15, 0.2) is 0 Å². The van der Waals surface area contributed by atoms with Crippen LogP contribution in [0.2, 0.25) is 0 Å². The first-order valence-corrected chi connectivity index (χ1v) is 9.94. The van der Waals surface area contributed by atoms with Gasteiger partial charge < -0.3 is 4.74 Å². The number of carbonyl (C=O) groups excluding carboxylic acids is 1. The molecule has 2 nitrogen and oxygen atoms in total. The quantitative estimate of drug-likeness (QED) is 0.142. The van der Waals surface area contributed by atoms with Crippen LogP contribution in [0.15, 0.2) is 36.5 Å². The number of hydrogen-bond donors (Lipinski definition) is 3. The van der Waals surface area contributed by atoms with Crippen LogP contribution in [0, 0.1) is 11.8 Å². The molecule has 132 valence electrons. The summed E-state index contributed by atoms with van der Waals surface area (Å²) < 4.78 is 4.94. The van der Waals surface area contributed by atoms with Crippen molar-refractivity contribution in [2.24, 2.45) is 11.8 Å². The van der Waals surface area contributed by atoms with Gasteiger partial charge in [0, 0.05) is 11.8 Å². The zero-order valence-corrected chi connectivity index (χ0v) is 16.7. The molecule has 0 fully saturated rings. The fraction of sp³-hybridized carbons (Fsp3) is 0.611. The summed E-state index contributed by atoms with van der Waals surface area (Å²) in [6.07, 6.45) is 11.7. The predicted octanol–water partition coefficient (Wildman–Crippen LogP) is 4.80. The van der Waals surface area contributed by atoms with Crippen LogP contribution >= 0.6 is 37.9 Å². The molecule has 0 spiro atoms. The third-order valence-electron chi connectivity index (χ3n) is 3.51. The second-order valence-electron chi connectivity index (χ2n) is 5.70. The topological polar surface area (TPSA) is 26.3 Å². The molecule has 0 saturated heterocycles. The van der Waals surface area contributed by atoms with Crippen molar-refractivity contribution in [3.05, 3.63) is 36.5 Å². The minimum Gasteiger partial charge on any atom is -0.458 e. The Hall–Kier alpha value is -0.260. The lowest BCUT2D eigenvalue weighted by atomic mass is 9.96. The number of allylic oxidation sites excluding steroid dienone is 2. The van der Waals surface area contributed by atoms with Crippen molar-refractivity contribution in [1.29, 1.82) is 0 Å². The Kier molecular flexibility index (Phi) is 15.1. The van der Waals surface area contributed by atoms with Crippen molar-refractivity contribution in [3.63, 3.8) is 0 Å². The summed E-state index contributed by atoms with van der Waals surface area (Å²) in [5.41, 5.74) is 0.851. The lowest BCUT2D eigenvalue weighted by Gasteiger charge is -2.13. The first-order chi connectivity index (χ1) is 11.1. The van der Waals surface area contributed by atoms with E-state index in [1.54, 1.807) is 6.08 Å². The van der Waals surface area contributed by atoms with Gasteiger partial charge in [0.25, 0.3) is 0 Å². The van der Waals surface area contributed by atoms with E-state index in [2.05, 4.69) is 57.5 Å². The third kappa shape index (κ3) is 12.8. The molecule has 2 unspecified atom stereocenters. The summed E-state index contributed by atoms with van der Waals surface area (Å²) in [6.45, 7) is 5.97. The summed E-state index contributed by atoms with van der Waals surface area (Å²) in [4.78, 5) is 11.5. The fourth-order valence-electron chi connectivity index (χ4n) is 2.02. The van der Waals surface area contributed by atoms with E-state index in [1.165, 1.54) is 25.3 Å². The SMILES string of the molecule is C=CCOC(=O)C=C(C=CCC(CS)CCCC(C)CS)CS. The summed E-state index contributed by atoms with van der Waals surface area (Å²) in [6, 6.07) is 0. The first-order valence-electron chi connectivity index (χ1n) is 8.04. The number of esters is 1. The van der Waals surface area contributed by atoms with E-state index in [9.17, 15) is 4.79 Å². The van der Waals surface area contributed by atoms with Gasteiger partial charge >= 0.3 is 5.97 Å². The van der Waals surface area contributed by atoms with Gasteiger partial charge in [-0.2, -0.15) is 37.9 Å². The molecule has 0 amide bonds. The maximum Gasteiger partial charge on any atom is 0.331 e. The number of rotatable bonds is 13. The Morgan fingerprint density at radius 2 is 1.96 bits per heavy atom. The number of ether oxygens (including phenoxy) is 1. The standard InChI is InChI=1S/C18H30O2S3/c1-3-10-20-18(19)11-17(14-23)9-5-8-16(13-22)7-4-6-15(2)12-21/h3,5,9,11,15-16,21-23H,1,4,6-8,10,12-14H2,2H3. The van der Waals surface area contributed by atoms with Crippen molar-refractivity contribution in [2.75, 3.05) is 23.9 Å². The molecule has 2 atom stereocenters. The van der Waals surface area contributed by atoms with Gasteiger partial charge in [-0.1, -0.05) is 38.2 Å². The van der Waals surface area contributed by atoms with E-state index in [1.807, 2.05) is 6.08 Å². The Morgan fingerprint density at radius 1 is 1.22 bits per heavy atom. The lowest BCUT2D eigenvalue weighted by Crippen LogP contribution is -2.04. The second-order valence-corrected chi connectivity index (χ2v) is 6.75. The van der Waals surface area contributed by atoms with Gasteiger partial charge in [0.2, 0.25) is 0 Å². The van der Waals surface area contributed by atoms with E-state index in [0.717, 1.165) is 23.5 Å². The molecular weight excluding hydrogens is 344 g/mol. The Bertz CT molecular complexity index is 392. The lowest BCUT2D eigenvalue weighted by molar-refractivity contribution is -0.136. The smallest absolute Gasteiger partial charge is 0.331 e. The molecule has 5 heteroatoms.